The van der Waals surface area contributed by atoms with Gasteiger partial charge in [0.15, 0.2) is 0 Å². The third-order valence-electron chi connectivity index (χ3n) is 6.23. The molecule has 1 amide bonds. The van der Waals surface area contributed by atoms with Gasteiger partial charge in [-0.15, -0.1) is 0 Å². The Kier molecular flexibility index (Phi) is 7.91. The molecule has 1 unspecified atom stereocenters. The normalized spacial score (nSPS) is 14.8. The Morgan fingerprint density at radius 2 is 1.56 bits per heavy atom. The lowest BCUT2D eigenvalue weighted by Gasteiger charge is -2.27. The summed E-state index contributed by atoms with van der Waals surface area (Å²) in [5.41, 5.74) is 0.0791. The second-order valence-corrected chi connectivity index (χ2v) is 9.55. The third-order valence-corrected chi connectivity index (χ3v) is 6.80. The lowest BCUT2D eigenvalue weighted by molar-refractivity contribution is -0.137. The fourth-order valence-electron chi connectivity index (χ4n) is 4.30. The number of aromatic nitrogens is 1. The van der Waals surface area contributed by atoms with Crippen LogP contribution in [0.2, 0.25) is 10.0 Å². The van der Waals surface area contributed by atoms with Gasteiger partial charge in [-0.2, -0.15) is 0 Å². The average molecular weight is 531 g/mol. The standard InChI is InChI=1S/C25H24Cl2N4O5/c26-16-11-28-12-17(27)20(16)31-25(36)14-8-6-13(7-9-14)18(10-19(32)33)30-22-21(23(34)24(22)35)29-15-4-2-1-3-5-15/h6-9,11-12,15,18,29-30H,1-5,10H2,(H,32,33)(H,28,31,36). The van der Waals surface area contributed by atoms with Gasteiger partial charge < -0.3 is 21.1 Å². The van der Waals surface area contributed by atoms with E-state index in [0.717, 1.165) is 32.1 Å². The van der Waals surface area contributed by atoms with E-state index < -0.39 is 28.8 Å². The van der Waals surface area contributed by atoms with E-state index in [0.29, 0.717) is 5.56 Å². The first-order valence-electron chi connectivity index (χ1n) is 11.5. The number of carbonyl (C=O) groups is 2. The van der Waals surface area contributed by atoms with Gasteiger partial charge in [0.25, 0.3) is 16.8 Å². The van der Waals surface area contributed by atoms with Crippen molar-refractivity contribution in [1.82, 2.24) is 4.98 Å². The molecule has 0 radical (unpaired) electrons. The Morgan fingerprint density at radius 3 is 2.17 bits per heavy atom. The van der Waals surface area contributed by atoms with Crippen molar-refractivity contribution in [2.45, 2.75) is 50.6 Å². The molecule has 9 nitrogen and oxygen atoms in total. The molecule has 3 aromatic rings. The van der Waals surface area contributed by atoms with Crippen LogP contribution in [0.5, 0.6) is 0 Å². The van der Waals surface area contributed by atoms with Gasteiger partial charge in [0.2, 0.25) is 0 Å². The molecule has 0 spiro atoms. The lowest BCUT2D eigenvalue weighted by Crippen LogP contribution is -2.40. The highest BCUT2D eigenvalue weighted by atomic mass is 35.5. The predicted molar refractivity (Wildman–Crippen MR) is 139 cm³/mol. The molecule has 1 saturated carbocycles. The van der Waals surface area contributed by atoms with Crippen LogP contribution < -0.4 is 26.8 Å². The van der Waals surface area contributed by atoms with Crippen molar-refractivity contribution in [3.8, 4) is 0 Å². The van der Waals surface area contributed by atoms with Gasteiger partial charge in [0, 0.05) is 24.0 Å². The summed E-state index contributed by atoms with van der Waals surface area (Å²) in [6, 6.07) is 5.54. The summed E-state index contributed by atoms with van der Waals surface area (Å²) in [5.74, 6) is -1.56. The fourth-order valence-corrected chi connectivity index (χ4v) is 4.76. The number of benzene rings is 1. The van der Waals surface area contributed by atoms with Crippen LogP contribution >= 0.6 is 23.2 Å². The van der Waals surface area contributed by atoms with Gasteiger partial charge in [-0.3, -0.25) is 24.2 Å². The van der Waals surface area contributed by atoms with E-state index in [4.69, 9.17) is 23.2 Å². The van der Waals surface area contributed by atoms with Gasteiger partial charge >= 0.3 is 5.97 Å². The molecule has 4 N–H and O–H groups in total. The highest BCUT2D eigenvalue weighted by Gasteiger charge is 2.27. The first-order chi connectivity index (χ1) is 17.2. The molecule has 2 aromatic carbocycles. The Balaban J connectivity index is 1.51. The van der Waals surface area contributed by atoms with Crippen molar-refractivity contribution in [2.75, 3.05) is 16.0 Å². The number of rotatable bonds is 9. The number of nitrogens with one attached hydrogen (secondary N) is 3. The zero-order valence-corrected chi connectivity index (χ0v) is 20.7. The largest absolute Gasteiger partial charge is 0.481 e. The summed E-state index contributed by atoms with van der Waals surface area (Å²) in [5, 5.41) is 18.6. The third kappa shape index (κ3) is 5.68. The van der Waals surface area contributed by atoms with Crippen LogP contribution in [-0.4, -0.2) is 28.0 Å². The molecule has 1 aromatic heterocycles. The number of hydrogen-bond acceptors (Lipinski definition) is 7. The van der Waals surface area contributed by atoms with Crippen LogP contribution in [0.3, 0.4) is 0 Å². The molecule has 4 rings (SSSR count). The number of hydrogen-bond donors (Lipinski definition) is 4. The quantitative estimate of drug-likeness (QED) is 0.294. The first kappa shape index (κ1) is 25.7. The molecule has 1 fully saturated rings. The number of carboxylic acids is 1. The molecule has 188 valence electrons. The van der Waals surface area contributed by atoms with Crippen molar-refractivity contribution in [3.63, 3.8) is 0 Å². The summed E-state index contributed by atoms with van der Waals surface area (Å²) in [6.07, 6.45) is 7.45. The van der Waals surface area contributed by atoms with Crippen LogP contribution in [0, 0.1) is 0 Å². The second kappa shape index (κ2) is 11.1. The van der Waals surface area contributed by atoms with Crippen molar-refractivity contribution < 1.29 is 14.7 Å². The van der Waals surface area contributed by atoms with E-state index in [1.54, 1.807) is 12.1 Å². The molecule has 0 bridgehead atoms. The number of amides is 1. The van der Waals surface area contributed by atoms with Crippen LogP contribution in [0.1, 0.15) is 60.5 Å². The molecule has 0 aliphatic heterocycles. The Morgan fingerprint density at radius 1 is 0.944 bits per heavy atom. The van der Waals surface area contributed by atoms with Crippen molar-refractivity contribution >= 4 is 52.1 Å². The zero-order chi connectivity index (χ0) is 25.8. The number of aliphatic carboxylic acids is 1. The van der Waals surface area contributed by atoms with Gasteiger partial charge in [-0.25, -0.2) is 0 Å². The number of nitrogens with zero attached hydrogens (tertiary/aromatic N) is 1. The van der Waals surface area contributed by atoms with E-state index in [2.05, 4.69) is 20.9 Å². The molecule has 0 saturated heterocycles. The van der Waals surface area contributed by atoms with Crippen LogP contribution in [0.4, 0.5) is 17.1 Å². The monoisotopic (exact) mass is 530 g/mol. The average Bonchev–Trinajstić information content (AvgIpc) is 2.87. The molecule has 36 heavy (non-hydrogen) atoms. The highest BCUT2D eigenvalue weighted by Crippen LogP contribution is 2.30. The number of halogens is 2. The molecular weight excluding hydrogens is 507 g/mol. The first-order valence-corrected chi connectivity index (χ1v) is 12.3. The SMILES string of the molecule is O=C(O)CC(Nc1c(NC2CCCCC2)c(=O)c1=O)c1ccc(C(=O)Nc2c(Cl)cncc2Cl)cc1. The molecular formula is C25H24Cl2N4O5. The number of pyridine rings is 1. The maximum atomic E-state index is 12.7. The van der Waals surface area contributed by atoms with E-state index in [9.17, 15) is 24.3 Å². The fraction of sp³-hybridized carbons (Fsp3) is 0.320. The highest BCUT2D eigenvalue weighted by molar-refractivity contribution is 6.39. The van der Waals surface area contributed by atoms with Gasteiger partial charge in [-0.05, 0) is 30.5 Å². The topological polar surface area (TPSA) is 137 Å². The van der Waals surface area contributed by atoms with E-state index in [1.165, 1.54) is 24.5 Å². The van der Waals surface area contributed by atoms with Crippen molar-refractivity contribution in [3.05, 3.63) is 78.3 Å². The lowest BCUT2D eigenvalue weighted by atomic mass is 9.94. The Labute approximate surface area is 216 Å². The van der Waals surface area contributed by atoms with Gasteiger partial charge in [0.05, 0.1) is 28.2 Å². The van der Waals surface area contributed by atoms with Crippen LogP contribution in [0.15, 0.2) is 46.2 Å². The smallest absolute Gasteiger partial charge is 0.305 e. The summed E-state index contributed by atoms with van der Waals surface area (Å²) in [6.45, 7) is 0. The Hall–Kier alpha value is -3.43. The molecule has 1 heterocycles. The van der Waals surface area contributed by atoms with Crippen LogP contribution in [0.25, 0.3) is 0 Å². The molecule has 1 aliphatic rings. The molecule has 1 atom stereocenters. The second-order valence-electron chi connectivity index (χ2n) is 8.74. The summed E-state index contributed by atoms with van der Waals surface area (Å²) < 4.78 is 0. The number of carboxylic acid groups (broad SMARTS) is 1. The maximum Gasteiger partial charge on any atom is 0.305 e. The van der Waals surface area contributed by atoms with Crippen molar-refractivity contribution in [2.24, 2.45) is 0 Å². The van der Waals surface area contributed by atoms with Gasteiger partial charge in [0.1, 0.15) is 11.4 Å². The van der Waals surface area contributed by atoms with E-state index in [-0.39, 0.29) is 45.1 Å². The minimum atomic E-state index is -1.09. The molecule has 11 heteroatoms. The van der Waals surface area contributed by atoms with Crippen molar-refractivity contribution in [1.29, 1.82) is 0 Å². The number of anilines is 3. The minimum absolute atomic E-state index is 0.0978. The van der Waals surface area contributed by atoms with Crippen LogP contribution in [-0.2, 0) is 4.79 Å². The summed E-state index contributed by atoms with van der Waals surface area (Å²) >= 11 is 12.1. The summed E-state index contributed by atoms with van der Waals surface area (Å²) in [4.78, 5) is 52.6. The number of carbonyl (C=O) groups excluding carboxylic acids is 1. The van der Waals surface area contributed by atoms with E-state index >= 15 is 0 Å². The predicted octanol–water partition coefficient (Wildman–Crippen LogP) is 4.61. The van der Waals surface area contributed by atoms with Gasteiger partial charge in [-0.1, -0.05) is 54.6 Å². The molecule has 1 aliphatic carbocycles. The Bertz CT molecular complexity index is 1330. The summed E-state index contributed by atoms with van der Waals surface area (Å²) in [7, 11) is 0. The minimum Gasteiger partial charge on any atom is -0.481 e. The van der Waals surface area contributed by atoms with E-state index in [1.807, 2.05) is 0 Å². The zero-order valence-electron chi connectivity index (χ0n) is 19.1. The maximum absolute atomic E-state index is 12.7.